The van der Waals surface area contributed by atoms with Gasteiger partial charge in [0.15, 0.2) is 10.4 Å². The highest BCUT2D eigenvalue weighted by Crippen LogP contribution is 2.30. The van der Waals surface area contributed by atoms with Crippen LogP contribution in [0.5, 0.6) is 0 Å². The number of halogens is 1. The number of carboxylic acids is 1. The van der Waals surface area contributed by atoms with Crippen molar-refractivity contribution in [2.75, 3.05) is 13.1 Å². The molecule has 0 atom stereocenters. The summed E-state index contributed by atoms with van der Waals surface area (Å²) >= 11 is 3.11. The van der Waals surface area contributed by atoms with Crippen LogP contribution in [0.2, 0.25) is 0 Å². The number of nitrogens with zero attached hydrogens (tertiary/aromatic N) is 1. The van der Waals surface area contributed by atoms with Crippen LogP contribution >= 0.6 is 15.9 Å². The minimum Gasteiger partial charge on any atom is -0.480 e. The SMILES string of the molecule is O=C(O)CN(CC1CC1)C(=O)c1ccc(Br)o1. The van der Waals surface area contributed by atoms with Crippen LogP contribution in [0.1, 0.15) is 23.4 Å². The van der Waals surface area contributed by atoms with Gasteiger partial charge in [0, 0.05) is 6.54 Å². The summed E-state index contributed by atoms with van der Waals surface area (Å²) in [6.45, 7) is 0.205. The first-order valence-electron chi connectivity index (χ1n) is 5.32. The van der Waals surface area contributed by atoms with E-state index in [1.54, 1.807) is 6.07 Å². The second kappa shape index (κ2) is 4.91. The van der Waals surface area contributed by atoms with E-state index >= 15 is 0 Å². The molecular formula is C11H12BrNO4. The average molecular weight is 302 g/mol. The maximum absolute atomic E-state index is 12.0. The maximum Gasteiger partial charge on any atom is 0.323 e. The number of carbonyl (C=O) groups is 2. The fourth-order valence-electron chi connectivity index (χ4n) is 1.58. The minimum absolute atomic E-state index is 0.166. The zero-order chi connectivity index (χ0) is 12.4. The molecule has 0 unspecified atom stereocenters. The molecule has 0 radical (unpaired) electrons. The Bertz CT molecular complexity index is 438. The monoisotopic (exact) mass is 301 g/mol. The molecule has 5 nitrogen and oxygen atoms in total. The van der Waals surface area contributed by atoms with E-state index in [1.807, 2.05) is 0 Å². The smallest absolute Gasteiger partial charge is 0.323 e. The summed E-state index contributed by atoms with van der Waals surface area (Å²) in [6.07, 6.45) is 2.12. The number of carbonyl (C=O) groups excluding carboxylic acids is 1. The van der Waals surface area contributed by atoms with Gasteiger partial charge in [0.1, 0.15) is 6.54 Å². The lowest BCUT2D eigenvalue weighted by atomic mass is 10.3. The van der Waals surface area contributed by atoms with Gasteiger partial charge >= 0.3 is 5.97 Å². The standard InChI is InChI=1S/C11H12BrNO4/c12-9-4-3-8(17-9)11(16)13(6-10(14)15)5-7-1-2-7/h3-4,7H,1-2,5-6H2,(H,14,15). The molecule has 0 saturated heterocycles. The van der Waals surface area contributed by atoms with Crippen LogP contribution in [0, 0.1) is 5.92 Å². The molecule has 0 bridgehead atoms. The van der Waals surface area contributed by atoms with E-state index in [9.17, 15) is 9.59 Å². The van der Waals surface area contributed by atoms with Crippen molar-refractivity contribution in [1.82, 2.24) is 4.90 Å². The molecule has 2 rings (SSSR count). The largest absolute Gasteiger partial charge is 0.480 e. The molecule has 1 fully saturated rings. The Morgan fingerprint density at radius 3 is 2.65 bits per heavy atom. The molecule has 92 valence electrons. The predicted molar refractivity (Wildman–Crippen MR) is 62.7 cm³/mol. The molecule has 0 spiro atoms. The van der Waals surface area contributed by atoms with Gasteiger partial charge in [0.25, 0.3) is 5.91 Å². The zero-order valence-electron chi connectivity index (χ0n) is 9.06. The summed E-state index contributed by atoms with van der Waals surface area (Å²) in [5, 5.41) is 8.78. The molecule has 0 aromatic carbocycles. The van der Waals surface area contributed by atoms with Gasteiger partial charge in [-0.15, -0.1) is 0 Å². The Kier molecular flexibility index (Phi) is 3.51. The second-order valence-corrected chi connectivity index (χ2v) is 4.91. The van der Waals surface area contributed by atoms with Crippen molar-refractivity contribution >= 4 is 27.8 Å². The lowest BCUT2D eigenvalue weighted by Gasteiger charge is -2.18. The van der Waals surface area contributed by atoms with Crippen molar-refractivity contribution in [3.63, 3.8) is 0 Å². The predicted octanol–water partition coefficient (Wildman–Crippen LogP) is 1.98. The van der Waals surface area contributed by atoms with Crippen molar-refractivity contribution < 1.29 is 19.1 Å². The van der Waals surface area contributed by atoms with Gasteiger partial charge in [-0.1, -0.05) is 0 Å². The molecule has 1 aliphatic rings. The highest BCUT2D eigenvalue weighted by molar-refractivity contribution is 9.10. The van der Waals surface area contributed by atoms with Crippen LogP contribution in [0.15, 0.2) is 21.2 Å². The van der Waals surface area contributed by atoms with E-state index in [2.05, 4.69) is 15.9 Å². The van der Waals surface area contributed by atoms with E-state index < -0.39 is 5.97 Å². The van der Waals surface area contributed by atoms with E-state index in [0.717, 1.165) is 12.8 Å². The van der Waals surface area contributed by atoms with Crippen LogP contribution in [0.3, 0.4) is 0 Å². The van der Waals surface area contributed by atoms with Gasteiger partial charge in [0.2, 0.25) is 0 Å². The van der Waals surface area contributed by atoms with Crippen LogP contribution in [-0.2, 0) is 4.79 Å². The van der Waals surface area contributed by atoms with Gasteiger partial charge < -0.3 is 14.4 Å². The number of rotatable bonds is 5. The normalized spacial score (nSPS) is 14.6. The molecule has 1 aromatic rings. The number of hydrogen-bond acceptors (Lipinski definition) is 3. The summed E-state index contributed by atoms with van der Waals surface area (Å²) in [6, 6.07) is 3.15. The minimum atomic E-state index is -1.01. The van der Waals surface area contributed by atoms with Gasteiger partial charge in [-0.3, -0.25) is 9.59 Å². The van der Waals surface area contributed by atoms with Crippen molar-refractivity contribution in [2.45, 2.75) is 12.8 Å². The zero-order valence-corrected chi connectivity index (χ0v) is 10.6. The summed E-state index contributed by atoms with van der Waals surface area (Å²) in [5.74, 6) is -0.773. The van der Waals surface area contributed by atoms with Crippen LogP contribution in [0.4, 0.5) is 0 Å². The number of hydrogen-bond donors (Lipinski definition) is 1. The molecule has 17 heavy (non-hydrogen) atoms. The molecule has 1 amide bonds. The topological polar surface area (TPSA) is 70.8 Å². The number of carboxylic acid groups (broad SMARTS) is 1. The third-order valence-corrected chi connectivity index (χ3v) is 3.00. The molecule has 1 saturated carbocycles. The highest BCUT2D eigenvalue weighted by Gasteiger charge is 2.29. The van der Waals surface area contributed by atoms with Crippen molar-refractivity contribution in [2.24, 2.45) is 5.92 Å². The Hall–Kier alpha value is -1.30. The Balaban J connectivity index is 2.07. The molecule has 1 aliphatic carbocycles. The van der Waals surface area contributed by atoms with Crippen molar-refractivity contribution in [3.8, 4) is 0 Å². The lowest BCUT2D eigenvalue weighted by molar-refractivity contribution is -0.137. The molecule has 0 aliphatic heterocycles. The third kappa shape index (κ3) is 3.33. The van der Waals surface area contributed by atoms with Gasteiger partial charge in [-0.2, -0.15) is 0 Å². The van der Waals surface area contributed by atoms with Gasteiger partial charge in [0.05, 0.1) is 0 Å². The average Bonchev–Trinajstić information content (AvgIpc) is 2.96. The summed E-state index contributed by atoms with van der Waals surface area (Å²) in [5.41, 5.74) is 0. The van der Waals surface area contributed by atoms with Crippen LogP contribution in [-0.4, -0.2) is 35.0 Å². The fourth-order valence-corrected chi connectivity index (χ4v) is 1.89. The quantitative estimate of drug-likeness (QED) is 0.903. The molecule has 6 heteroatoms. The van der Waals surface area contributed by atoms with Crippen LogP contribution < -0.4 is 0 Å². The first-order chi connectivity index (χ1) is 8.06. The number of furan rings is 1. The molecular weight excluding hydrogens is 290 g/mol. The van der Waals surface area contributed by atoms with E-state index in [0.29, 0.717) is 17.1 Å². The number of aliphatic carboxylic acids is 1. The Labute approximate surface area is 107 Å². The maximum atomic E-state index is 12.0. The number of amides is 1. The van der Waals surface area contributed by atoms with Crippen LogP contribution in [0.25, 0.3) is 0 Å². The van der Waals surface area contributed by atoms with Crippen molar-refractivity contribution in [3.05, 3.63) is 22.6 Å². The summed E-state index contributed by atoms with van der Waals surface area (Å²) in [7, 11) is 0. The fraction of sp³-hybridized carbons (Fsp3) is 0.455. The van der Waals surface area contributed by atoms with E-state index in [-0.39, 0.29) is 18.2 Å². The van der Waals surface area contributed by atoms with Gasteiger partial charge in [-0.05, 0) is 46.8 Å². The van der Waals surface area contributed by atoms with E-state index in [4.69, 9.17) is 9.52 Å². The summed E-state index contributed by atoms with van der Waals surface area (Å²) in [4.78, 5) is 24.0. The second-order valence-electron chi connectivity index (χ2n) is 4.13. The molecule has 1 aromatic heterocycles. The third-order valence-electron chi connectivity index (χ3n) is 2.57. The first kappa shape index (κ1) is 12.2. The van der Waals surface area contributed by atoms with E-state index in [1.165, 1.54) is 11.0 Å². The van der Waals surface area contributed by atoms with Gasteiger partial charge in [-0.25, -0.2) is 0 Å². The highest BCUT2D eigenvalue weighted by atomic mass is 79.9. The lowest BCUT2D eigenvalue weighted by Crippen LogP contribution is -2.37. The first-order valence-corrected chi connectivity index (χ1v) is 6.12. The molecule has 1 heterocycles. The Morgan fingerprint density at radius 1 is 1.47 bits per heavy atom. The summed E-state index contributed by atoms with van der Waals surface area (Å²) < 4.78 is 5.60. The van der Waals surface area contributed by atoms with Crippen molar-refractivity contribution in [1.29, 1.82) is 0 Å². The Morgan fingerprint density at radius 2 is 2.18 bits per heavy atom. The molecule has 1 N–H and O–H groups in total.